The number of methoxy groups -OCH3 is 2. The van der Waals surface area contributed by atoms with Crippen LogP contribution < -0.4 is 19.5 Å². The summed E-state index contributed by atoms with van der Waals surface area (Å²) in [5, 5.41) is 12.4. The summed E-state index contributed by atoms with van der Waals surface area (Å²) in [6.45, 7) is 2.53. The summed E-state index contributed by atoms with van der Waals surface area (Å²) in [5.74, 6) is 1.09. The standard InChI is InChI=1S/C21H21ClN2O4/c1-4-9-28-20-11-14(5-7-19(20)27-3)10-15(13-23)21(25)24-16-6-8-18(26-2)17(22)12-16/h5-8,10-12H,4,9H2,1-3H3,(H,24,25)/b15-10+. The Kier molecular flexibility index (Phi) is 7.73. The molecule has 2 aromatic carbocycles. The summed E-state index contributed by atoms with van der Waals surface area (Å²) in [6.07, 6.45) is 2.33. The molecule has 0 saturated heterocycles. The van der Waals surface area contributed by atoms with Crippen LogP contribution in [-0.2, 0) is 4.79 Å². The number of anilines is 1. The molecule has 0 aromatic heterocycles. The number of rotatable bonds is 8. The number of ether oxygens (including phenoxy) is 3. The van der Waals surface area contributed by atoms with Crippen molar-refractivity contribution in [3.05, 3.63) is 52.6 Å². The average molecular weight is 401 g/mol. The molecular weight excluding hydrogens is 380 g/mol. The van der Waals surface area contributed by atoms with Gasteiger partial charge in [0.05, 0.1) is 25.8 Å². The molecule has 0 fully saturated rings. The van der Waals surface area contributed by atoms with Gasteiger partial charge in [0.2, 0.25) is 0 Å². The maximum Gasteiger partial charge on any atom is 0.266 e. The number of nitrogens with one attached hydrogen (secondary N) is 1. The van der Waals surface area contributed by atoms with Gasteiger partial charge in [-0.15, -0.1) is 0 Å². The highest BCUT2D eigenvalue weighted by Gasteiger charge is 2.12. The van der Waals surface area contributed by atoms with E-state index >= 15 is 0 Å². The van der Waals surface area contributed by atoms with Crippen LogP contribution in [0.1, 0.15) is 18.9 Å². The summed E-state index contributed by atoms with van der Waals surface area (Å²) in [5.41, 5.74) is 1.04. The van der Waals surface area contributed by atoms with Crippen molar-refractivity contribution in [1.29, 1.82) is 5.26 Å². The lowest BCUT2D eigenvalue weighted by atomic mass is 10.1. The van der Waals surface area contributed by atoms with Gasteiger partial charge in [-0.3, -0.25) is 4.79 Å². The van der Waals surface area contributed by atoms with Crippen LogP contribution in [0.2, 0.25) is 5.02 Å². The highest BCUT2D eigenvalue weighted by Crippen LogP contribution is 2.30. The largest absolute Gasteiger partial charge is 0.495 e. The van der Waals surface area contributed by atoms with E-state index in [0.717, 1.165) is 6.42 Å². The van der Waals surface area contributed by atoms with Gasteiger partial charge in [0.25, 0.3) is 5.91 Å². The average Bonchev–Trinajstić information content (AvgIpc) is 2.70. The van der Waals surface area contributed by atoms with Gasteiger partial charge < -0.3 is 19.5 Å². The van der Waals surface area contributed by atoms with Crippen molar-refractivity contribution in [3.63, 3.8) is 0 Å². The van der Waals surface area contributed by atoms with Crippen LogP contribution in [0.3, 0.4) is 0 Å². The van der Waals surface area contributed by atoms with Crippen LogP contribution in [0.5, 0.6) is 17.2 Å². The van der Waals surface area contributed by atoms with Gasteiger partial charge in [0.15, 0.2) is 11.5 Å². The normalized spacial score (nSPS) is 10.8. The molecular formula is C21H21ClN2O4. The van der Waals surface area contributed by atoms with Crippen LogP contribution in [0.15, 0.2) is 42.0 Å². The van der Waals surface area contributed by atoms with Gasteiger partial charge in [0.1, 0.15) is 17.4 Å². The third kappa shape index (κ3) is 5.41. The zero-order valence-electron chi connectivity index (χ0n) is 15.9. The van der Waals surface area contributed by atoms with Crippen LogP contribution in [0.25, 0.3) is 6.08 Å². The highest BCUT2D eigenvalue weighted by molar-refractivity contribution is 6.32. The fourth-order valence-corrected chi connectivity index (χ4v) is 2.62. The topological polar surface area (TPSA) is 80.6 Å². The molecule has 0 saturated carbocycles. The smallest absolute Gasteiger partial charge is 0.266 e. The monoisotopic (exact) mass is 400 g/mol. The molecule has 0 heterocycles. The van der Waals surface area contributed by atoms with Crippen molar-refractivity contribution < 1.29 is 19.0 Å². The maximum absolute atomic E-state index is 12.5. The fourth-order valence-electron chi connectivity index (χ4n) is 2.37. The lowest BCUT2D eigenvalue weighted by Crippen LogP contribution is -2.13. The minimum absolute atomic E-state index is 0.0569. The predicted molar refractivity (Wildman–Crippen MR) is 109 cm³/mol. The molecule has 1 amide bonds. The third-order valence-corrected chi connectivity index (χ3v) is 4.03. The minimum Gasteiger partial charge on any atom is -0.495 e. The van der Waals surface area contributed by atoms with Crippen LogP contribution in [-0.4, -0.2) is 26.7 Å². The van der Waals surface area contributed by atoms with Crippen molar-refractivity contribution in [1.82, 2.24) is 0 Å². The van der Waals surface area contributed by atoms with E-state index < -0.39 is 5.91 Å². The summed E-state index contributed by atoms with van der Waals surface area (Å²) in [4.78, 5) is 12.5. The number of hydrogen-bond acceptors (Lipinski definition) is 5. The van der Waals surface area contributed by atoms with E-state index in [1.807, 2.05) is 13.0 Å². The van der Waals surface area contributed by atoms with E-state index in [1.165, 1.54) is 13.2 Å². The number of halogens is 1. The summed E-state index contributed by atoms with van der Waals surface area (Å²) >= 11 is 6.06. The summed E-state index contributed by atoms with van der Waals surface area (Å²) < 4.78 is 16.0. The quantitative estimate of drug-likeness (QED) is 0.513. The van der Waals surface area contributed by atoms with Crippen molar-refractivity contribution >= 4 is 29.3 Å². The van der Waals surface area contributed by atoms with Crippen molar-refractivity contribution in [2.24, 2.45) is 0 Å². The van der Waals surface area contributed by atoms with E-state index in [2.05, 4.69) is 5.32 Å². The molecule has 146 valence electrons. The van der Waals surface area contributed by atoms with Gasteiger partial charge >= 0.3 is 0 Å². The molecule has 0 aliphatic rings. The first-order valence-electron chi connectivity index (χ1n) is 8.59. The molecule has 7 heteroatoms. The van der Waals surface area contributed by atoms with E-state index in [4.69, 9.17) is 25.8 Å². The maximum atomic E-state index is 12.5. The number of nitrogens with zero attached hydrogens (tertiary/aromatic N) is 1. The zero-order valence-corrected chi connectivity index (χ0v) is 16.7. The Morgan fingerprint density at radius 3 is 2.46 bits per heavy atom. The molecule has 28 heavy (non-hydrogen) atoms. The van der Waals surface area contributed by atoms with E-state index in [-0.39, 0.29) is 5.57 Å². The number of benzene rings is 2. The molecule has 0 spiro atoms. The molecule has 0 radical (unpaired) electrons. The van der Waals surface area contributed by atoms with Gasteiger partial charge in [-0.2, -0.15) is 5.26 Å². The molecule has 0 aliphatic carbocycles. The van der Waals surface area contributed by atoms with E-state index in [1.54, 1.807) is 43.5 Å². The molecule has 6 nitrogen and oxygen atoms in total. The fraction of sp³-hybridized carbons (Fsp3) is 0.238. The highest BCUT2D eigenvalue weighted by atomic mass is 35.5. The lowest BCUT2D eigenvalue weighted by Gasteiger charge is -2.11. The van der Waals surface area contributed by atoms with Gasteiger partial charge in [0, 0.05) is 5.69 Å². The number of carbonyl (C=O) groups is 1. The Labute approximate surface area is 169 Å². The molecule has 2 rings (SSSR count). The summed E-state index contributed by atoms with van der Waals surface area (Å²) in [7, 11) is 3.06. The second-order valence-electron chi connectivity index (χ2n) is 5.73. The second kappa shape index (κ2) is 10.2. The summed E-state index contributed by atoms with van der Waals surface area (Å²) in [6, 6.07) is 11.9. The van der Waals surface area contributed by atoms with Gasteiger partial charge in [-0.25, -0.2) is 0 Å². The Bertz CT molecular complexity index is 919. The third-order valence-electron chi connectivity index (χ3n) is 3.74. The first-order chi connectivity index (χ1) is 13.5. The van der Waals surface area contributed by atoms with Crippen LogP contribution in [0.4, 0.5) is 5.69 Å². The first kappa shape index (κ1) is 21.1. The molecule has 1 N–H and O–H groups in total. The predicted octanol–water partition coefficient (Wildman–Crippen LogP) is 4.69. The number of nitriles is 1. The molecule has 0 unspecified atom stereocenters. The minimum atomic E-state index is -0.546. The number of amides is 1. The molecule has 2 aromatic rings. The van der Waals surface area contributed by atoms with E-state index in [9.17, 15) is 10.1 Å². The SMILES string of the molecule is CCCOc1cc(/C=C(\C#N)C(=O)Nc2ccc(OC)c(Cl)c2)ccc1OC. The Morgan fingerprint density at radius 1 is 1.14 bits per heavy atom. The van der Waals surface area contributed by atoms with Crippen LogP contribution >= 0.6 is 11.6 Å². The Hall–Kier alpha value is -3.17. The number of hydrogen-bond donors (Lipinski definition) is 1. The van der Waals surface area contributed by atoms with Crippen molar-refractivity contribution in [3.8, 4) is 23.3 Å². The van der Waals surface area contributed by atoms with Crippen molar-refractivity contribution in [2.75, 3.05) is 26.1 Å². The lowest BCUT2D eigenvalue weighted by molar-refractivity contribution is -0.112. The number of carbonyl (C=O) groups excluding carboxylic acids is 1. The molecule has 0 atom stereocenters. The Balaban J connectivity index is 2.24. The van der Waals surface area contributed by atoms with Gasteiger partial charge in [-0.05, 0) is 48.4 Å². The zero-order chi connectivity index (χ0) is 20.5. The molecule has 0 bridgehead atoms. The molecule has 0 aliphatic heterocycles. The van der Waals surface area contributed by atoms with Crippen molar-refractivity contribution in [2.45, 2.75) is 13.3 Å². The second-order valence-corrected chi connectivity index (χ2v) is 6.14. The van der Waals surface area contributed by atoms with E-state index in [0.29, 0.717) is 40.1 Å². The first-order valence-corrected chi connectivity index (χ1v) is 8.97. The Morgan fingerprint density at radius 2 is 1.86 bits per heavy atom. The van der Waals surface area contributed by atoms with Crippen LogP contribution in [0, 0.1) is 11.3 Å². The van der Waals surface area contributed by atoms with Gasteiger partial charge in [-0.1, -0.05) is 24.6 Å².